The number of pyridine rings is 2. The van der Waals surface area contributed by atoms with Crippen molar-refractivity contribution in [2.45, 2.75) is 0 Å². The molecule has 6 heteroatoms. The maximum absolute atomic E-state index is 5.55. The Labute approximate surface area is 115 Å². The number of nitrogens with two attached hydrogens (primary N) is 2. The second-order valence-corrected chi connectivity index (χ2v) is 4.42. The van der Waals surface area contributed by atoms with Gasteiger partial charge in [-0.1, -0.05) is 36.6 Å². The molecule has 2 aromatic rings. The molecule has 0 amide bonds. The first-order chi connectivity index (χ1) is 8.58. The van der Waals surface area contributed by atoms with Crippen molar-refractivity contribution in [2.75, 3.05) is 0 Å². The maximum Gasteiger partial charge on any atom is 0.122 e. The molecule has 0 aliphatic heterocycles. The van der Waals surface area contributed by atoms with Crippen LogP contribution in [0, 0.1) is 0 Å². The van der Waals surface area contributed by atoms with Crippen LogP contribution in [0.5, 0.6) is 0 Å². The van der Waals surface area contributed by atoms with E-state index in [0.29, 0.717) is 22.8 Å². The van der Waals surface area contributed by atoms with Gasteiger partial charge in [-0.2, -0.15) is 0 Å². The van der Waals surface area contributed by atoms with Gasteiger partial charge in [-0.25, -0.2) is 9.97 Å². The van der Waals surface area contributed by atoms with E-state index in [-0.39, 0.29) is 9.98 Å². The zero-order valence-corrected chi connectivity index (χ0v) is 11.0. The minimum absolute atomic E-state index is 0.252. The van der Waals surface area contributed by atoms with E-state index < -0.39 is 0 Å². The molecule has 0 saturated carbocycles. The zero-order valence-electron chi connectivity index (χ0n) is 9.33. The van der Waals surface area contributed by atoms with E-state index in [4.69, 9.17) is 35.9 Å². The molecular formula is C12H10N4S2. The molecule has 0 unspecified atom stereocenters. The summed E-state index contributed by atoms with van der Waals surface area (Å²) in [5.74, 6) is 0. The molecule has 0 aromatic carbocycles. The molecule has 0 fully saturated rings. The second-order valence-electron chi connectivity index (χ2n) is 3.54. The van der Waals surface area contributed by atoms with Crippen molar-refractivity contribution in [3.05, 3.63) is 47.8 Å². The SMILES string of the molecule is NC(=S)c1cccc(-c2cccc(C(N)=S)n2)n1. The molecule has 2 aromatic heterocycles. The first-order valence-corrected chi connectivity index (χ1v) is 5.93. The number of hydrogen-bond donors (Lipinski definition) is 2. The summed E-state index contributed by atoms with van der Waals surface area (Å²) < 4.78 is 0. The monoisotopic (exact) mass is 274 g/mol. The molecule has 4 nitrogen and oxygen atoms in total. The lowest BCUT2D eigenvalue weighted by Gasteiger charge is -2.04. The Kier molecular flexibility index (Phi) is 3.59. The third-order valence-electron chi connectivity index (χ3n) is 2.27. The van der Waals surface area contributed by atoms with Crippen LogP contribution in [-0.2, 0) is 0 Å². The smallest absolute Gasteiger partial charge is 0.122 e. The van der Waals surface area contributed by atoms with Crippen LogP contribution < -0.4 is 11.5 Å². The Morgan fingerprint density at radius 3 is 1.50 bits per heavy atom. The van der Waals surface area contributed by atoms with E-state index >= 15 is 0 Å². The topological polar surface area (TPSA) is 77.8 Å². The van der Waals surface area contributed by atoms with Crippen molar-refractivity contribution in [1.29, 1.82) is 0 Å². The van der Waals surface area contributed by atoms with Gasteiger partial charge in [-0.3, -0.25) is 0 Å². The quantitative estimate of drug-likeness (QED) is 0.824. The predicted octanol–water partition coefficient (Wildman–Crippen LogP) is 1.41. The molecule has 18 heavy (non-hydrogen) atoms. The molecule has 0 atom stereocenters. The predicted molar refractivity (Wildman–Crippen MR) is 79.2 cm³/mol. The Morgan fingerprint density at radius 2 is 1.17 bits per heavy atom. The van der Waals surface area contributed by atoms with Crippen molar-refractivity contribution in [3.8, 4) is 11.4 Å². The lowest BCUT2D eigenvalue weighted by Crippen LogP contribution is -2.13. The first-order valence-electron chi connectivity index (χ1n) is 5.12. The normalized spacial score (nSPS) is 10.0. The van der Waals surface area contributed by atoms with Gasteiger partial charge in [0.25, 0.3) is 0 Å². The average Bonchev–Trinajstić information content (AvgIpc) is 2.39. The van der Waals surface area contributed by atoms with Crippen LogP contribution in [0.25, 0.3) is 11.4 Å². The molecule has 0 radical (unpaired) electrons. The van der Waals surface area contributed by atoms with Crippen LogP contribution in [0.1, 0.15) is 11.4 Å². The summed E-state index contributed by atoms with van der Waals surface area (Å²) in [6, 6.07) is 10.8. The van der Waals surface area contributed by atoms with Crippen LogP contribution in [0.2, 0.25) is 0 Å². The fourth-order valence-electron chi connectivity index (χ4n) is 1.43. The number of thiocarbonyl (C=S) groups is 2. The van der Waals surface area contributed by atoms with Gasteiger partial charge in [-0.05, 0) is 24.3 Å². The second kappa shape index (κ2) is 5.16. The van der Waals surface area contributed by atoms with Crippen LogP contribution in [0.4, 0.5) is 0 Å². The summed E-state index contributed by atoms with van der Waals surface area (Å²) in [5.41, 5.74) is 13.6. The largest absolute Gasteiger partial charge is 0.388 e. The number of rotatable bonds is 3. The first kappa shape index (κ1) is 12.5. The molecule has 0 bridgehead atoms. The van der Waals surface area contributed by atoms with E-state index in [0.717, 1.165) is 0 Å². The van der Waals surface area contributed by atoms with Crippen LogP contribution in [0.3, 0.4) is 0 Å². The standard InChI is InChI=1S/C12H10N4S2/c13-11(17)9-5-1-3-7(15-9)8-4-2-6-10(16-8)12(14)18/h1-6H,(H2,13,17)(H2,14,18). The highest BCUT2D eigenvalue weighted by Crippen LogP contribution is 2.15. The van der Waals surface area contributed by atoms with Crippen molar-refractivity contribution in [3.63, 3.8) is 0 Å². The molecule has 2 rings (SSSR count). The Morgan fingerprint density at radius 1 is 0.778 bits per heavy atom. The molecule has 0 spiro atoms. The van der Waals surface area contributed by atoms with E-state index in [9.17, 15) is 0 Å². The maximum atomic E-state index is 5.55. The lowest BCUT2D eigenvalue weighted by molar-refractivity contribution is 1.22. The molecule has 0 saturated heterocycles. The van der Waals surface area contributed by atoms with Gasteiger partial charge >= 0.3 is 0 Å². The van der Waals surface area contributed by atoms with Crippen molar-refractivity contribution < 1.29 is 0 Å². The van der Waals surface area contributed by atoms with Gasteiger partial charge in [0, 0.05) is 0 Å². The van der Waals surface area contributed by atoms with Gasteiger partial charge in [-0.15, -0.1) is 0 Å². The summed E-state index contributed by atoms with van der Waals surface area (Å²) in [7, 11) is 0. The molecule has 0 aliphatic carbocycles. The summed E-state index contributed by atoms with van der Waals surface area (Å²) in [6.07, 6.45) is 0. The molecule has 4 N–H and O–H groups in total. The third kappa shape index (κ3) is 2.66. The Hall–Kier alpha value is -1.92. The highest BCUT2D eigenvalue weighted by Gasteiger charge is 2.06. The van der Waals surface area contributed by atoms with Gasteiger partial charge in [0.05, 0.1) is 22.8 Å². The molecule has 0 aliphatic rings. The minimum Gasteiger partial charge on any atom is -0.388 e. The number of aromatic nitrogens is 2. The van der Waals surface area contributed by atoms with E-state index in [1.54, 1.807) is 12.1 Å². The van der Waals surface area contributed by atoms with Crippen LogP contribution in [-0.4, -0.2) is 19.9 Å². The summed E-state index contributed by atoms with van der Waals surface area (Å²) in [4.78, 5) is 9.16. The third-order valence-corrected chi connectivity index (χ3v) is 2.68. The highest BCUT2D eigenvalue weighted by atomic mass is 32.1. The van der Waals surface area contributed by atoms with Crippen molar-refractivity contribution >= 4 is 34.4 Å². The van der Waals surface area contributed by atoms with E-state index in [1.807, 2.05) is 24.3 Å². The zero-order chi connectivity index (χ0) is 13.1. The number of hydrogen-bond acceptors (Lipinski definition) is 4. The molecule has 90 valence electrons. The van der Waals surface area contributed by atoms with Crippen LogP contribution >= 0.6 is 24.4 Å². The van der Waals surface area contributed by atoms with Gasteiger partial charge in [0.1, 0.15) is 9.98 Å². The van der Waals surface area contributed by atoms with Gasteiger partial charge < -0.3 is 11.5 Å². The Bertz CT molecular complexity index is 569. The minimum atomic E-state index is 0.252. The fourth-order valence-corrected chi connectivity index (χ4v) is 1.66. The van der Waals surface area contributed by atoms with Crippen LogP contribution in [0.15, 0.2) is 36.4 Å². The van der Waals surface area contributed by atoms with Crippen molar-refractivity contribution in [1.82, 2.24) is 9.97 Å². The lowest BCUT2D eigenvalue weighted by atomic mass is 10.2. The Balaban J connectivity index is 2.48. The average molecular weight is 274 g/mol. The van der Waals surface area contributed by atoms with E-state index in [1.165, 1.54) is 0 Å². The van der Waals surface area contributed by atoms with Crippen molar-refractivity contribution in [2.24, 2.45) is 11.5 Å². The highest BCUT2D eigenvalue weighted by molar-refractivity contribution is 7.80. The van der Waals surface area contributed by atoms with E-state index in [2.05, 4.69) is 9.97 Å². The number of nitrogens with zero attached hydrogens (tertiary/aromatic N) is 2. The molecular weight excluding hydrogens is 264 g/mol. The van der Waals surface area contributed by atoms with Gasteiger partial charge in [0.15, 0.2) is 0 Å². The van der Waals surface area contributed by atoms with Gasteiger partial charge in [0.2, 0.25) is 0 Å². The summed E-state index contributed by atoms with van der Waals surface area (Å²) in [5, 5.41) is 0. The molecule has 2 heterocycles. The summed E-state index contributed by atoms with van der Waals surface area (Å²) >= 11 is 9.79. The summed E-state index contributed by atoms with van der Waals surface area (Å²) in [6.45, 7) is 0. The fraction of sp³-hybridized carbons (Fsp3) is 0.